The molecule has 0 spiro atoms. The van der Waals surface area contributed by atoms with Crippen molar-refractivity contribution < 1.29 is 9.13 Å². The molecule has 1 aliphatic carbocycles. The van der Waals surface area contributed by atoms with Crippen LogP contribution in [-0.4, -0.2) is 26.8 Å². The van der Waals surface area contributed by atoms with Crippen LogP contribution in [0.2, 0.25) is 0 Å². The Morgan fingerprint density at radius 2 is 2.20 bits per heavy atom. The van der Waals surface area contributed by atoms with Gasteiger partial charge in [-0.25, -0.2) is 4.39 Å². The summed E-state index contributed by atoms with van der Waals surface area (Å²) >= 11 is 3.54. The first-order valence-corrected chi connectivity index (χ1v) is 7.98. The minimum absolute atomic E-state index is 0.159. The van der Waals surface area contributed by atoms with Gasteiger partial charge in [0.05, 0.1) is 6.61 Å². The van der Waals surface area contributed by atoms with Crippen molar-refractivity contribution in [3.63, 3.8) is 0 Å². The highest BCUT2D eigenvalue weighted by Crippen LogP contribution is 2.47. The molecule has 1 atom stereocenters. The lowest BCUT2D eigenvalue weighted by molar-refractivity contribution is 0.187. The molecule has 1 fully saturated rings. The average molecular weight is 344 g/mol. The summed E-state index contributed by atoms with van der Waals surface area (Å²) in [5.74, 6) is 0.585. The number of hydrogen-bond donors (Lipinski definition) is 1. The quantitative estimate of drug-likeness (QED) is 0.725. The van der Waals surface area contributed by atoms with E-state index in [1.54, 1.807) is 19.2 Å². The molecule has 0 bridgehead atoms. The third kappa shape index (κ3) is 4.27. The standard InChI is InChI=1S/C16H23BrFNO/c1-16(13-3-4-13,11-19-7-8-20-2)10-12-9-14(18)5-6-15(12)17/h5-6,9,13,19H,3-4,7-8,10-11H2,1-2H3. The van der Waals surface area contributed by atoms with Crippen molar-refractivity contribution in [3.05, 3.63) is 34.1 Å². The molecule has 0 aromatic heterocycles. The van der Waals surface area contributed by atoms with Gasteiger partial charge in [0.15, 0.2) is 0 Å². The van der Waals surface area contributed by atoms with Crippen LogP contribution in [0.25, 0.3) is 0 Å². The molecule has 1 N–H and O–H groups in total. The van der Waals surface area contributed by atoms with Crippen LogP contribution < -0.4 is 5.32 Å². The Morgan fingerprint density at radius 1 is 1.45 bits per heavy atom. The van der Waals surface area contributed by atoms with E-state index < -0.39 is 0 Å². The number of halogens is 2. The predicted molar refractivity (Wildman–Crippen MR) is 83.4 cm³/mol. The molecule has 0 saturated heterocycles. The molecule has 1 aliphatic rings. The second-order valence-electron chi connectivity index (χ2n) is 6.01. The van der Waals surface area contributed by atoms with Crippen molar-refractivity contribution in [3.8, 4) is 0 Å². The Labute approximate surface area is 129 Å². The highest BCUT2D eigenvalue weighted by molar-refractivity contribution is 9.10. The number of rotatable bonds is 8. The smallest absolute Gasteiger partial charge is 0.123 e. The lowest BCUT2D eigenvalue weighted by Crippen LogP contribution is -2.37. The molecule has 1 aromatic carbocycles. The van der Waals surface area contributed by atoms with Crippen LogP contribution >= 0.6 is 15.9 Å². The van der Waals surface area contributed by atoms with Gasteiger partial charge in [-0.3, -0.25) is 0 Å². The van der Waals surface area contributed by atoms with Crippen LogP contribution in [0.4, 0.5) is 4.39 Å². The molecule has 4 heteroatoms. The van der Waals surface area contributed by atoms with Crippen LogP contribution in [0.5, 0.6) is 0 Å². The monoisotopic (exact) mass is 343 g/mol. The molecule has 112 valence electrons. The van der Waals surface area contributed by atoms with Gasteiger partial charge in [0.25, 0.3) is 0 Å². The van der Waals surface area contributed by atoms with Crippen molar-refractivity contribution in [2.45, 2.75) is 26.2 Å². The summed E-state index contributed by atoms with van der Waals surface area (Å²) in [6.45, 7) is 4.85. The van der Waals surface area contributed by atoms with E-state index in [2.05, 4.69) is 28.2 Å². The number of benzene rings is 1. The Kier molecular flexibility index (Phi) is 5.58. The van der Waals surface area contributed by atoms with Crippen LogP contribution in [0.15, 0.2) is 22.7 Å². The van der Waals surface area contributed by atoms with E-state index in [-0.39, 0.29) is 11.2 Å². The average Bonchev–Trinajstić information content (AvgIpc) is 3.24. The number of nitrogens with one attached hydrogen (secondary N) is 1. The summed E-state index contributed by atoms with van der Waals surface area (Å²) in [5.41, 5.74) is 1.25. The van der Waals surface area contributed by atoms with Crippen molar-refractivity contribution in [1.29, 1.82) is 0 Å². The van der Waals surface area contributed by atoms with Crippen LogP contribution in [0.3, 0.4) is 0 Å². The lowest BCUT2D eigenvalue weighted by atomic mass is 9.79. The first kappa shape index (κ1) is 15.9. The van der Waals surface area contributed by atoms with Gasteiger partial charge in [-0.1, -0.05) is 22.9 Å². The van der Waals surface area contributed by atoms with Gasteiger partial charge in [0, 0.05) is 24.7 Å². The zero-order valence-corrected chi connectivity index (χ0v) is 13.8. The van der Waals surface area contributed by atoms with Gasteiger partial charge in [0.1, 0.15) is 5.82 Å². The van der Waals surface area contributed by atoms with E-state index in [9.17, 15) is 4.39 Å². The van der Waals surface area contributed by atoms with E-state index >= 15 is 0 Å². The summed E-state index contributed by atoms with van der Waals surface area (Å²) in [4.78, 5) is 0. The fraction of sp³-hybridized carbons (Fsp3) is 0.625. The summed E-state index contributed by atoms with van der Waals surface area (Å²) in [5, 5.41) is 3.47. The first-order chi connectivity index (χ1) is 9.55. The summed E-state index contributed by atoms with van der Waals surface area (Å²) < 4.78 is 19.5. The molecule has 1 aromatic rings. The molecule has 0 heterocycles. The maximum Gasteiger partial charge on any atom is 0.123 e. The number of hydrogen-bond acceptors (Lipinski definition) is 2. The minimum atomic E-state index is -0.159. The topological polar surface area (TPSA) is 21.3 Å². The molecule has 2 rings (SSSR count). The Bertz CT molecular complexity index is 450. The highest BCUT2D eigenvalue weighted by atomic mass is 79.9. The van der Waals surface area contributed by atoms with Crippen molar-refractivity contribution >= 4 is 15.9 Å². The van der Waals surface area contributed by atoms with E-state index in [1.165, 1.54) is 18.9 Å². The maximum absolute atomic E-state index is 13.4. The maximum atomic E-state index is 13.4. The molecule has 20 heavy (non-hydrogen) atoms. The van der Waals surface area contributed by atoms with Gasteiger partial charge in [-0.2, -0.15) is 0 Å². The van der Waals surface area contributed by atoms with Gasteiger partial charge in [0.2, 0.25) is 0 Å². The second-order valence-corrected chi connectivity index (χ2v) is 6.86. The molecular weight excluding hydrogens is 321 g/mol. The number of ether oxygens (including phenoxy) is 1. The third-order valence-electron chi connectivity index (χ3n) is 4.18. The summed E-state index contributed by atoms with van der Waals surface area (Å²) in [6, 6.07) is 4.95. The second kappa shape index (κ2) is 7.01. The zero-order valence-electron chi connectivity index (χ0n) is 12.2. The van der Waals surface area contributed by atoms with Crippen LogP contribution in [-0.2, 0) is 11.2 Å². The molecular formula is C16H23BrFNO. The molecule has 0 radical (unpaired) electrons. The van der Waals surface area contributed by atoms with E-state index in [1.807, 2.05) is 0 Å². The fourth-order valence-electron chi connectivity index (χ4n) is 2.79. The van der Waals surface area contributed by atoms with E-state index in [4.69, 9.17) is 4.74 Å². The van der Waals surface area contributed by atoms with Crippen molar-refractivity contribution in [2.24, 2.45) is 11.3 Å². The van der Waals surface area contributed by atoms with E-state index in [0.29, 0.717) is 0 Å². The van der Waals surface area contributed by atoms with Gasteiger partial charge in [-0.05, 0) is 54.4 Å². The summed E-state index contributed by atoms with van der Waals surface area (Å²) in [6.07, 6.45) is 3.47. The lowest BCUT2D eigenvalue weighted by Gasteiger charge is -2.31. The minimum Gasteiger partial charge on any atom is -0.383 e. The normalized spacial score (nSPS) is 18.0. The Morgan fingerprint density at radius 3 is 2.85 bits per heavy atom. The Balaban J connectivity index is 2.02. The number of methoxy groups -OCH3 is 1. The van der Waals surface area contributed by atoms with Gasteiger partial charge in [-0.15, -0.1) is 0 Å². The van der Waals surface area contributed by atoms with Crippen LogP contribution in [0.1, 0.15) is 25.3 Å². The summed E-state index contributed by atoms with van der Waals surface area (Å²) in [7, 11) is 1.71. The molecule has 0 aliphatic heterocycles. The zero-order chi connectivity index (χ0) is 14.6. The van der Waals surface area contributed by atoms with Gasteiger partial charge >= 0.3 is 0 Å². The van der Waals surface area contributed by atoms with Crippen LogP contribution in [0, 0.1) is 17.2 Å². The van der Waals surface area contributed by atoms with Gasteiger partial charge < -0.3 is 10.1 Å². The predicted octanol–water partition coefficient (Wildman–Crippen LogP) is 3.78. The molecule has 2 nitrogen and oxygen atoms in total. The van der Waals surface area contributed by atoms with Crippen molar-refractivity contribution in [2.75, 3.05) is 26.8 Å². The molecule has 0 amide bonds. The Hall–Kier alpha value is -0.450. The van der Waals surface area contributed by atoms with E-state index in [0.717, 1.165) is 42.1 Å². The molecule has 1 unspecified atom stereocenters. The third-order valence-corrected chi connectivity index (χ3v) is 4.95. The largest absolute Gasteiger partial charge is 0.383 e. The fourth-order valence-corrected chi connectivity index (χ4v) is 3.18. The SMILES string of the molecule is COCCNCC(C)(Cc1cc(F)ccc1Br)C1CC1. The van der Waals surface area contributed by atoms with Crippen molar-refractivity contribution in [1.82, 2.24) is 5.32 Å². The highest BCUT2D eigenvalue weighted by Gasteiger charge is 2.41. The first-order valence-electron chi connectivity index (χ1n) is 7.19. The molecule has 1 saturated carbocycles.